The maximum atomic E-state index is 12.5. The lowest BCUT2D eigenvalue weighted by Gasteiger charge is -2.16. The Morgan fingerprint density at radius 1 is 1.30 bits per heavy atom. The van der Waals surface area contributed by atoms with Crippen molar-refractivity contribution >= 4 is 15.7 Å². The van der Waals surface area contributed by atoms with E-state index in [2.05, 4.69) is 29.5 Å². The van der Waals surface area contributed by atoms with Crippen molar-refractivity contribution in [2.24, 2.45) is 5.92 Å². The molecule has 7 heteroatoms. The number of hydrogen-bond acceptors (Lipinski definition) is 5. The molecule has 2 N–H and O–H groups in total. The molecule has 0 saturated heterocycles. The fourth-order valence-corrected chi connectivity index (χ4v) is 4.09. The monoisotopic (exact) mass is 387 g/mol. The molecule has 3 rings (SSSR count). The van der Waals surface area contributed by atoms with Gasteiger partial charge in [0.25, 0.3) is 5.91 Å². The summed E-state index contributed by atoms with van der Waals surface area (Å²) >= 11 is 0. The minimum Gasteiger partial charge on any atom is -0.346 e. The van der Waals surface area contributed by atoms with Crippen LogP contribution in [0.25, 0.3) is 0 Å². The van der Waals surface area contributed by atoms with Crippen LogP contribution in [0.15, 0.2) is 41.4 Å². The molecule has 1 amide bonds. The van der Waals surface area contributed by atoms with Gasteiger partial charge in [0, 0.05) is 24.3 Å². The molecule has 0 radical (unpaired) electrons. The molecule has 6 nitrogen and oxygen atoms in total. The van der Waals surface area contributed by atoms with E-state index in [0.717, 1.165) is 12.1 Å². The van der Waals surface area contributed by atoms with Gasteiger partial charge in [-0.15, -0.1) is 0 Å². The quantitative estimate of drug-likeness (QED) is 0.795. The van der Waals surface area contributed by atoms with Crippen molar-refractivity contribution in [3.05, 3.63) is 58.9 Å². The van der Waals surface area contributed by atoms with Crippen molar-refractivity contribution < 1.29 is 13.2 Å². The third-order valence-corrected chi connectivity index (χ3v) is 6.61. The van der Waals surface area contributed by atoms with Crippen LogP contribution >= 0.6 is 0 Å². The van der Waals surface area contributed by atoms with Crippen molar-refractivity contribution in [1.82, 2.24) is 15.6 Å². The normalized spacial score (nSPS) is 16.4. The van der Waals surface area contributed by atoms with Crippen LogP contribution in [-0.2, 0) is 22.9 Å². The van der Waals surface area contributed by atoms with Gasteiger partial charge in [-0.2, -0.15) is 0 Å². The Bertz CT molecular complexity index is 937. The SMILES string of the molecule is CCS(=O)(=O)c1ccc(CNC(=O)c2ccc3c(c2)CN[C@@H]3C(C)C)nc1. The largest absolute Gasteiger partial charge is 0.346 e. The van der Waals surface area contributed by atoms with E-state index in [0.29, 0.717) is 23.2 Å². The molecular formula is C20H25N3O3S. The average molecular weight is 388 g/mol. The second kappa shape index (κ2) is 7.78. The Kier molecular flexibility index (Phi) is 5.62. The second-order valence-electron chi connectivity index (χ2n) is 7.09. The van der Waals surface area contributed by atoms with Gasteiger partial charge >= 0.3 is 0 Å². The zero-order chi connectivity index (χ0) is 19.6. The van der Waals surface area contributed by atoms with Crippen LogP contribution in [0, 0.1) is 5.92 Å². The summed E-state index contributed by atoms with van der Waals surface area (Å²) in [4.78, 5) is 16.8. The van der Waals surface area contributed by atoms with Crippen LogP contribution in [0.1, 0.15) is 54.0 Å². The zero-order valence-corrected chi connectivity index (χ0v) is 16.6. The molecule has 1 atom stereocenters. The number of sulfone groups is 1. The minimum absolute atomic E-state index is 0.0373. The highest BCUT2D eigenvalue weighted by Crippen LogP contribution is 2.31. The van der Waals surface area contributed by atoms with E-state index in [4.69, 9.17) is 0 Å². The third kappa shape index (κ3) is 4.20. The number of aromatic nitrogens is 1. The fraction of sp³-hybridized carbons (Fsp3) is 0.400. The van der Waals surface area contributed by atoms with Gasteiger partial charge in [-0.25, -0.2) is 8.42 Å². The van der Waals surface area contributed by atoms with E-state index < -0.39 is 9.84 Å². The first-order valence-electron chi connectivity index (χ1n) is 9.14. The van der Waals surface area contributed by atoms with E-state index >= 15 is 0 Å². The summed E-state index contributed by atoms with van der Waals surface area (Å²) in [6.45, 7) is 6.97. The Morgan fingerprint density at radius 3 is 2.70 bits per heavy atom. The van der Waals surface area contributed by atoms with Crippen LogP contribution < -0.4 is 10.6 Å². The summed E-state index contributed by atoms with van der Waals surface area (Å²) in [5, 5.41) is 6.32. The van der Waals surface area contributed by atoms with Gasteiger partial charge in [-0.1, -0.05) is 26.8 Å². The lowest BCUT2D eigenvalue weighted by atomic mass is 9.95. The van der Waals surface area contributed by atoms with Crippen molar-refractivity contribution in [3.8, 4) is 0 Å². The lowest BCUT2D eigenvalue weighted by Crippen LogP contribution is -2.23. The second-order valence-corrected chi connectivity index (χ2v) is 9.37. The van der Waals surface area contributed by atoms with Gasteiger partial charge < -0.3 is 10.6 Å². The number of hydrogen-bond donors (Lipinski definition) is 2. The molecular weight excluding hydrogens is 362 g/mol. The van der Waals surface area contributed by atoms with E-state index in [1.54, 1.807) is 13.0 Å². The summed E-state index contributed by atoms with van der Waals surface area (Å²) < 4.78 is 23.6. The molecule has 1 aliphatic heterocycles. The van der Waals surface area contributed by atoms with Crippen LogP contribution in [0.2, 0.25) is 0 Å². The van der Waals surface area contributed by atoms with Gasteiger partial charge in [0.15, 0.2) is 9.84 Å². The molecule has 1 aromatic heterocycles. The van der Waals surface area contributed by atoms with Gasteiger partial charge in [0.2, 0.25) is 0 Å². The summed E-state index contributed by atoms with van der Waals surface area (Å²) in [7, 11) is -3.26. The molecule has 27 heavy (non-hydrogen) atoms. The number of amides is 1. The minimum atomic E-state index is -3.26. The summed E-state index contributed by atoms with van der Waals surface area (Å²) in [5.41, 5.74) is 3.65. The Morgan fingerprint density at radius 2 is 2.07 bits per heavy atom. The summed E-state index contributed by atoms with van der Waals surface area (Å²) in [5.74, 6) is 0.365. The van der Waals surface area contributed by atoms with Gasteiger partial charge in [0.1, 0.15) is 0 Å². The predicted octanol–water partition coefficient (Wildman–Crippen LogP) is 2.61. The van der Waals surface area contributed by atoms with Crippen LogP contribution in [-0.4, -0.2) is 25.1 Å². The summed E-state index contributed by atoms with van der Waals surface area (Å²) in [6, 6.07) is 9.30. The van der Waals surface area contributed by atoms with Crippen molar-refractivity contribution in [3.63, 3.8) is 0 Å². The number of nitrogens with zero attached hydrogens (tertiary/aromatic N) is 1. The zero-order valence-electron chi connectivity index (χ0n) is 15.8. The third-order valence-electron chi connectivity index (χ3n) is 4.89. The number of carbonyl (C=O) groups is 1. The fourth-order valence-electron chi connectivity index (χ4n) is 3.27. The Labute approximate surface area is 160 Å². The predicted molar refractivity (Wildman–Crippen MR) is 104 cm³/mol. The number of rotatable bonds is 6. The first kappa shape index (κ1) is 19.5. The van der Waals surface area contributed by atoms with E-state index in [-0.39, 0.29) is 23.1 Å². The van der Waals surface area contributed by atoms with Crippen LogP contribution in [0.5, 0.6) is 0 Å². The molecule has 0 unspecified atom stereocenters. The highest BCUT2D eigenvalue weighted by atomic mass is 32.2. The van der Waals surface area contributed by atoms with E-state index in [1.165, 1.54) is 17.8 Å². The standard InChI is InChI=1S/C20H25N3O3S/c1-4-27(25,26)17-7-6-16(21-12-17)11-23-20(24)14-5-8-18-15(9-14)10-22-19(18)13(2)3/h5-9,12-13,19,22H,4,10-11H2,1-3H3,(H,23,24)/t19-/m1/s1. The van der Waals surface area contributed by atoms with Crippen LogP contribution in [0.3, 0.4) is 0 Å². The van der Waals surface area contributed by atoms with Crippen molar-refractivity contribution in [2.45, 2.75) is 44.8 Å². The maximum Gasteiger partial charge on any atom is 0.251 e. The summed E-state index contributed by atoms with van der Waals surface area (Å²) in [6.07, 6.45) is 1.34. The molecule has 2 aromatic rings. The Hall–Kier alpha value is -2.25. The first-order valence-corrected chi connectivity index (χ1v) is 10.8. The molecule has 0 fully saturated rings. The molecule has 0 aliphatic carbocycles. The number of pyridine rings is 1. The van der Waals surface area contributed by atoms with Gasteiger partial charge in [-0.3, -0.25) is 9.78 Å². The highest BCUT2D eigenvalue weighted by molar-refractivity contribution is 7.91. The topological polar surface area (TPSA) is 88.2 Å². The van der Waals surface area contributed by atoms with Crippen molar-refractivity contribution in [2.75, 3.05) is 5.75 Å². The first-order chi connectivity index (χ1) is 12.8. The molecule has 2 heterocycles. The molecule has 0 spiro atoms. The number of fused-ring (bicyclic) bond motifs is 1. The van der Waals surface area contributed by atoms with Crippen LogP contribution in [0.4, 0.5) is 0 Å². The number of benzene rings is 1. The number of carbonyl (C=O) groups excluding carboxylic acids is 1. The Balaban J connectivity index is 1.65. The smallest absolute Gasteiger partial charge is 0.251 e. The molecule has 144 valence electrons. The number of nitrogens with one attached hydrogen (secondary N) is 2. The van der Waals surface area contributed by atoms with Gasteiger partial charge in [-0.05, 0) is 41.3 Å². The lowest BCUT2D eigenvalue weighted by molar-refractivity contribution is 0.0950. The molecule has 1 aliphatic rings. The maximum absolute atomic E-state index is 12.5. The molecule has 0 saturated carbocycles. The van der Waals surface area contributed by atoms with Crippen molar-refractivity contribution in [1.29, 1.82) is 0 Å². The average Bonchev–Trinajstić information content (AvgIpc) is 3.10. The highest BCUT2D eigenvalue weighted by Gasteiger charge is 2.25. The molecule has 0 bridgehead atoms. The van der Waals surface area contributed by atoms with E-state index in [1.807, 2.05) is 18.2 Å². The molecule has 1 aromatic carbocycles. The van der Waals surface area contributed by atoms with E-state index in [9.17, 15) is 13.2 Å². The van der Waals surface area contributed by atoms with Gasteiger partial charge in [0.05, 0.1) is 22.9 Å².